The number of benzene rings is 2. The number of aromatic nitrogens is 2. The Morgan fingerprint density at radius 1 is 1.06 bits per heavy atom. The van der Waals surface area contributed by atoms with Crippen molar-refractivity contribution in [1.82, 2.24) is 20.2 Å². The van der Waals surface area contributed by atoms with Gasteiger partial charge in [-0.15, -0.1) is 0 Å². The number of carbonyl (C=O) groups excluding carboxylic acids is 2. The van der Waals surface area contributed by atoms with Crippen LogP contribution < -0.4 is 10.1 Å². The van der Waals surface area contributed by atoms with E-state index in [9.17, 15) is 14.0 Å². The monoisotopic (exact) mass is 476 g/mol. The number of carbonyl (C=O) groups is 2. The fourth-order valence-corrected chi connectivity index (χ4v) is 4.41. The van der Waals surface area contributed by atoms with Crippen molar-refractivity contribution in [1.29, 1.82) is 0 Å². The first-order valence-corrected chi connectivity index (χ1v) is 11.8. The van der Waals surface area contributed by atoms with Gasteiger partial charge in [-0.1, -0.05) is 43.5 Å². The molecule has 1 aliphatic carbocycles. The maximum Gasteiger partial charge on any atom is 0.275 e. The number of rotatable bonds is 8. The Bertz CT molecular complexity index is 1120. The van der Waals surface area contributed by atoms with Gasteiger partial charge in [-0.2, -0.15) is 0 Å². The van der Waals surface area contributed by atoms with Gasteiger partial charge in [-0.3, -0.25) is 14.6 Å². The Balaban J connectivity index is 1.73. The van der Waals surface area contributed by atoms with E-state index in [0.29, 0.717) is 16.9 Å². The molecule has 7 nitrogen and oxygen atoms in total. The fourth-order valence-electron chi connectivity index (χ4n) is 4.41. The van der Waals surface area contributed by atoms with E-state index in [1.54, 1.807) is 43.5 Å². The van der Waals surface area contributed by atoms with Gasteiger partial charge in [0.15, 0.2) is 0 Å². The van der Waals surface area contributed by atoms with Crippen LogP contribution in [-0.4, -0.2) is 39.8 Å². The molecule has 4 rings (SSSR count). The Morgan fingerprint density at radius 3 is 2.40 bits per heavy atom. The highest BCUT2D eigenvalue weighted by atomic mass is 19.1. The van der Waals surface area contributed by atoms with Crippen LogP contribution in [0.4, 0.5) is 4.39 Å². The quantitative estimate of drug-likeness (QED) is 0.519. The zero-order valence-corrected chi connectivity index (χ0v) is 19.7. The van der Waals surface area contributed by atoms with Crippen molar-refractivity contribution in [3.63, 3.8) is 0 Å². The van der Waals surface area contributed by atoms with Crippen LogP contribution in [-0.2, 0) is 11.3 Å². The van der Waals surface area contributed by atoms with E-state index in [1.807, 2.05) is 0 Å². The number of amides is 2. The normalized spacial score (nSPS) is 14.7. The summed E-state index contributed by atoms with van der Waals surface area (Å²) in [6.07, 6.45) is 9.42. The van der Waals surface area contributed by atoms with Crippen molar-refractivity contribution in [2.45, 2.75) is 50.7 Å². The maximum atomic E-state index is 13.8. The van der Waals surface area contributed by atoms with Gasteiger partial charge in [0.25, 0.3) is 5.91 Å². The van der Waals surface area contributed by atoms with Crippen LogP contribution in [0.15, 0.2) is 67.1 Å². The average Bonchev–Trinajstić information content (AvgIpc) is 2.90. The Kier molecular flexibility index (Phi) is 8.03. The van der Waals surface area contributed by atoms with Crippen LogP contribution in [0.25, 0.3) is 0 Å². The summed E-state index contributed by atoms with van der Waals surface area (Å²) in [5.41, 5.74) is 1.45. The molecule has 182 valence electrons. The minimum atomic E-state index is -0.928. The first kappa shape index (κ1) is 24.3. The van der Waals surface area contributed by atoms with Crippen LogP contribution in [0.2, 0.25) is 0 Å². The predicted molar refractivity (Wildman–Crippen MR) is 129 cm³/mol. The second kappa shape index (κ2) is 11.6. The molecule has 1 saturated carbocycles. The van der Waals surface area contributed by atoms with E-state index < -0.39 is 11.9 Å². The van der Waals surface area contributed by atoms with Crippen LogP contribution in [0, 0.1) is 5.82 Å². The van der Waals surface area contributed by atoms with E-state index in [0.717, 1.165) is 32.1 Å². The largest absolute Gasteiger partial charge is 0.497 e. The molecule has 1 atom stereocenters. The lowest BCUT2D eigenvalue weighted by molar-refractivity contribution is -0.127. The molecule has 0 bridgehead atoms. The molecule has 0 aliphatic heterocycles. The smallest absolute Gasteiger partial charge is 0.275 e. The number of methoxy groups -OCH3 is 1. The third-order valence-corrected chi connectivity index (χ3v) is 6.25. The topological polar surface area (TPSA) is 84.4 Å². The molecule has 1 heterocycles. The summed E-state index contributed by atoms with van der Waals surface area (Å²) in [6, 6.07) is 12.1. The molecule has 1 aromatic heterocycles. The summed E-state index contributed by atoms with van der Waals surface area (Å²) in [6.45, 7) is 0.0878. The highest BCUT2D eigenvalue weighted by Gasteiger charge is 2.34. The van der Waals surface area contributed by atoms with Gasteiger partial charge in [-0.25, -0.2) is 9.37 Å². The number of hydrogen-bond acceptors (Lipinski definition) is 5. The fraction of sp³-hybridized carbons (Fsp3) is 0.333. The number of halogens is 1. The molecule has 2 amide bonds. The zero-order valence-electron chi connectivity index (χ0n) is 19.7. The lowest BCUT2D eigenvalue weighted by Gasteiger charge is -2.33. The van der Waals surface area contributed by atoms with E-state index in [4.69, 9.17) is 4.74 Å². The van der Waals surface area contributed by atoms with Gasteiger partial charge in [0.05, 0.1) is 13.3 Å². The molecular formula is C27H29FN4O3. The van der Waals surface area contributed by atoms with Gasteiger partial charge in [0.2, 0.25) is 5.91 Å². The standard InChI is InChI=1S/C27H29FN4O3/c1-35-23-13-9-20(10-14-23)25(26(33)31-22-5-3-2-4-6-22)32(18-19-7-11-21(28)12-8-19)27(34)24-17-29-15-16-30-24/h7-17,22,25H,2-6,18H2,1H3,(H,31,33)/t25-/m0/s1. The van der Waals surface area contributed by atoms with E-state index in [1.165, 1.54) is 35.6 Å². The molecule has 3 aromatic rings. The molecule has 1 fully saturated rings. The summed E-state index contributed by atoms with van der Waals surface area (Å²) in [7, 11) is 1.57. The lowest BCUT2D eigenvalue weighted by atomic mass is 9.94. The Labute approximate surface area is 204 Å². The van der Waals surface area contributed by atoms with Crippen molar-refractivity contribution in [2.75, 3.05) is 7.11 Å². The second-order valence-corrected chi connectivity index (χ2v) is 8.67. The van der Waals surface area contributed by atoms with Gasteiger partial charge in [0.1, 0.15) is 23.3 Å². The summed E-state index contributed by atoms with van der Waals surface area (Å²) in [5, 5.41) is 3.17. The summed E-state index contributed by atoms with van der Waals surface area (Å²) in [5.74, 6) is -0.434. The Hall–Kier alpha value is -3.81. The minimum absolute atomic E-state index is 0.0660. The SMILES string of the molecule is COc1ccc([C@@H](C(=O)NC2CCCCC2)N(Cc2ccc(F)cc2)C(=O)c2cnccn2)cc1. The van der Waals surface area contributed by atoms with Gasteiger partial charge in [-0.05, 0) is 48.2 Å². The van der Waals surface area contributed by atoms with Gasteiger partial charge >= 0.3 is 0 Å². The highest BCUT2D eigenvalue weighted by molar-refractivity contribution is 5.96. The van der Waals surface area contributed by atoms with Crippen LogP contribution in [0.5, 0.6) is 5.75 Å². The van der Waals surface area contributed by atoms with Crippen molar-refractivity contribution in [3.05, 3.63) is 89.8 Å². The highest BCUT2D eigenvalue weighted by Crippen LogP contribution is 2.28. The molecule has 2 aromatic carbocycles. The predicted octanol–water partition coefficient (Wildman–Crippen LogP) is 4.46. The first-order chi connectivity index (χ1) is 17.0. The second-order valence-electron chi connectivity index (χ2n) is 8.67. The maximum absolute atomic E-state index is 13.8. The summed E-state index contributed by atoms with van der Waals surface area (Å²) in [4.78, 5) is 37.1. The van der Waals surface area contributed by atoms with Crippen molar-refractivity contribution in [2.24, 2.45) is 0 Å². The van der Waals surface area contributed by atoms with E-state index >= 15 is 0 Å². The third kappa shape index (κ3) is 6.20. The molecule has 0 spiro atoms. The molecule has 8 heteroatoms. The molecular weight excluding hydrogens is 447 g/mol. The molecule has 35 heavy (non-hydrogen) atoms. The molecule has 0 saturated heterocycles. The minimum Gasteiger partial charge on any atom is -0.497 e. The number of hydrogen-bond donors (Lipinski definition) is 1. The number of nitrogens with zero attached hydrogens (tertiary/aromatic N) is 3. The van der Waals surface area contributed by atoms with Gasteiger partial charge in [0, 0.05) is 25.0 Å². The first-order valence-electron chi connectivity index (χ1n) is 11.8. The molecule has 0 unspecified atom stereocenters. The van der Waals surface area contributed by atoms with E-state index in [-0.39, 0.29) is 30.0 Å². The molecule has 1 N–H and O–H groups in total. The van der Waals surface area contributed by atoms with Crippen molar-refractivity contribution < 1.29 is 18.7 Å². The number of ether oxygens (including phenoxy) is 1. The van der Waals surface area contributed by atoms with E-state index in [2.05, 4.69) is 15.3 Å². The Morgan fingerprint density at radius 2 is 1.77 bits per heavy atom. The molecule has 1 aliphatic rings. The third-order valence-electron chi connectivity index (χ3n) is 6.25. The van der Waals surface area contributed by atoms with Gasteiger partial charge < -0.3 is 15.0 Å². The van der Waals surface area contributed by atoms with Crippen molar-refractivity contribution in [3.8, 4) is 5.75 Å². The van der Waals surface area contributed by atoms with Crippen LogP contribution >= 0.6 is 0 Å². The van der Waals surface area contributed by atoms with Crippen LogP contribution in [0.3, 0.4) is 0 Å². The average molecular weight is 477 g/mol. The molecule has 0 radical (unpaired) electrons. The summed E-state index contributed by atoms with van der Waals surface area (Å²) >= 11 is 0. The van der Waals surface area contributed by atoms with Crippen molar-refractivity contribution >= 4 is 11.8 Å². The number of nitrogens with one attached hydrogen (secondary N) is 1. The lowest BCUT2D eigenvalue weighted by Crippen LogP contribution is -2.47. The summed E-state index contributed by atoms with van der Waals surface area (Å²) < 4.78 is 18.8. The van der Waals surface area contributed by atoms with Crippen LogP contribution in [0.1, 0.15) is 59.8 Å². The zero-order chi connectivity index (χ0) is 24.6.